The summed E-state index contributed by atoms with van der Waals surface area (Å²) in [4.78, 5) is 37.4. The van der Waals surface area contributed by atoms with Gasteiger partial charge in [0, 0.05) is 5.56 Å². The molecule has 0 bridgehead atoms. The molecule has 2 rings (SSSR count). The van der Waals surface area contributed by atoms with E-state index in [1.54, 1.807) is 29.6 Å². The van der Waals surface area contributed by atoms with Gasteiger partial charge in [0.15, 0.2) is 0 Å². The maximum absolute atomic E-state index is 12.5. The van der Waals surface area contributed by atoms with E-state index in [1.165, 1.54) is 11.3 Å². The molecule has 6 nitrogen and oxygen atoms in total. The van der Waals surface area contributed by atoms with Gasteiger partial charge in [0.05, 0.1) is 4.88 Å². The smallest absolute Gasteiger partial charge is 0.279 e. The topological polar surface area (TPSA) is 87.3 Å². The first-order valence-corrected chi connectivity index (χ1v) is 9.26. The molecule has 0 fully saturated rings. The molecular weight excluding hydrogens is 350 g/mol. The molecule has 138 valence electrons. The summed E-state index contributed by atoms with van der Waals surface area (Å²) in [5, 5.41) is 4.54. The van der Waals surface area contributed by atoms with E-state index in [0.29, 0.717) is 16.9 Å². The summed E-state index contributed by atoms with van der Waals surface area (Å²) >= 11 is 1.28. The Morgan fingerprint density at radius 1 is 1.00 bits per heavy atom. The minimum absolute atomic E-state index is 0.191. The molecule has 0 aliphatic rings. The van der Waals surface area contributed by atoms with Crippen LogP contribution >= 0.6 is 11.3 Å². The zero-order chi connectivity index (χ0) is 19.1. The Hall–Kier alpha value is -2.67. The third kappa shape index (κ3) is 5.42. The Morgan fingerprint density at radius 2 is 1.73 bits per heavy atom. The highest BCUT2D eigenvalue weighted by Crippen LogP contribution is 2.10. The molecule has 2 aromatic rings. The summed E-state index contributed by atoms with van der Waals surface area (Å²) in [6.45, 7) is 5.77. The first kappa shape index (κ1) is 19.7. The summed E-state index contributed by atoms with van der Waals surface area (Å²) in [5.41, 5.74) is 6.14. The summed E-state index contributed by atoms with van der Waals surface area (Å²) < 4.78 is 0. The minimum atomic E-state index is -0.745. The Bertz CT molecular complexity index is 772. The number of aryl methyl sites for hydroxylation is 1. The van der Waals surface area contributed by atoms with E-state index in [4.69, 9.17) is 0 Å². The van der Waals surface area contributed by atoms with Crippen LogP contribution in [0, 0.1) is 12.8 Å². The second-order valence-corrected chi connectivity index (χ2v) is 7.34. The normalized spacial score (nSPS) is 11.7. The van der Waals surface area contributed by atoms with Crippen molar-refractivity contribution in [2.75, 3.05) is 0 Å². The van der Waals surface area contributed by atoms with Crippen molar-refractivity contribution in [3.8, 4) is 0 Å². The molecule has 1 heterocycles. The quantitative estimate of drug-likeness (QED) is 0.680. The molecule has 0 radical (unpaired) electrons. The highest BCUT2D eigenvalue weighted by atomic mass is 32.1. The average molecular weight is 373 g/mol. The van der Waals surface area contributed by atoms with Gasteiger partial charge in [-0.05, 0) is 42.3 Å². The van der Waals surface area contributed by atoms with Gasteiger partial charge in [-0.1, -0.05) is 38.1 Å². The van der Waals surface area contributed by atoms with Crippen LogP contribution in [-0.2, 0) is 4.79 Å². The van der Waals surface area contributed by atoms with Crippen LogP contribution in [0.2, 0.25) is 0 Å². The fourth-order valence-electron chi connectivity index (χ4n) is 2.44. The fourth-order valence-corrected chi connectivity index (χ4v) is 3.06. The molecule has 0 aliphatic heterocycles. The van der Waals surface area contributed by atoms with Gasteiger partial charge < -0.3 is 5.32 Å². The molecule has 0 saturated heterocycles. The largest absolute Gasteiger partial charge is 0.340 e. The summed E-state index contributed by atoms with van der Waals surface area (Å²) in [6.07, 6.45) is 0.457. The third-order valence-electron chi connectivity index (χ3n) is 3.76. The average Bonchev–Trinajstić information content (AvgIpc) is 3.13. The number of nitrogens with one attached hydrogen (secondary N) is 3. The van der Waals surface area contributed by atoms with E-state index in [-0.39, 0.29) is 17.7 Å². The predicted octanol–water partition coefficient (Wildman–Crippen LogP) is 2.66. The van der Waals surface area contributed by atoms with Crippen molar-refractivity contribution in [3.63, 3.8) is 0 Å². The number of hydrazine groups is 1. The zero-order valence-electron chi connectivity index (χ0n) is 15.0. The van der Waals surface area contributed by atoms with Gasteiger partial charge in [-0.2, -0.15) is 0 Å². The summed E-state index contributed by atoms with van der Waals surface area (Å²) in [6, 6.07) is 9.86. The van der Waals surface area contributed by atoms with Crippen molar-refractivity contribution >= 4 is 29.1 Å². The van der Waals surface area contributed by atoms with E-state index in [2.05, 4.69) is 16.2 Å². The number of thiophene rings is 1. The van der Waals surface area contributed by atoms with Crippen LogP contribution in [0.3, 0.4) is 0 Å². The minimum Gasteiger partial charge on any atom is -0.340 e. The molecule has 7 heteroatoms. The van der Waals surface area contributed by atoms with E-state index >= 15 is 0 Å². The first-order valence-electron chi connectivity index (χ1n) is 8.38. The Kier molecular flexibility index (Phi) is 6.91. The fraction of sp³-hybridized carbons (Fsp3) is 0.316. The van der Waals surface area contributed by atoms with Crippen molar-refractivity contribution in [2.45, 2.75) is 33.2 Å². The van der Waals surface area contributed by atoms with Gasteiger partial charge in [0.25, 0.3) is 17.7 Å². The van der Waals surface area contributed by atoms with Crippen molar-refractivity contribution in [1.82, 2.24) is 16.2 Å². The summed E-state index contributed by atoms with van der Waals surface area (Å²) in [5.74, 6) is -0.961. The van der Waals surface area contributed by atoms with Crippen LogP contribution in [0.5, 0.6) is 0 Å². The zero-order valence-corrected chi connectivity index (χ0v) is 15.9. The van der Waals surface area contributed by atoms with Gasteiger partial charge in [-0.3, -0.25) is 25.2 Å². The molecular formula is C19H23N3O3S. The summed E-state index contributed by atoms with van der Waals surface area (Å²) in [7, 11) is 0. The lowest BCUT2D eigenvalue weighted by molar-refractivity contribution is -0.124. The molecule has 0 saturated carbocycles. The molecule has 1 aromatic carbocycles. The van der Waals surface area contributed by atoms with E-state index in [0.717, 1.165) is 5.56 Å². The Morgan fingerprint density at radius 3 is 2.35 bits per heavy atom. The van der Waals surface area contributed by atoms with Crippen molar-refractivity contribution < 1.29 is 14.4 Å². The van der Waals surface area contributed by atoms with Crippen LogP contribution in [-0.4, -0.2) is 23.8 Å². The van der Waals surface area contributed by atoms with Gasteiger partial charge in [0.2, 0.25) is 0 Å². The van der Waals surface area contributed by atoms with E-state index in [1.807, 2.05) is 32.9 Å². The third-order valence-corrected chi connectivity index (χ3v) is 4.63. The molecule has 3 amide bonds. The maximum Gasteiger partial charge on any atom is 0.279 e. The predicted molar refractivity (Wildman–Crippen MR) is 102 cm³/mol. The van der Waals surface area contributed by atoms with Crippen LogP contribution in [0.15, 0.2) is 41.8 Å². The van der Waals surface area contributed by atoms with Crippen LogP contribution in [0.1, 0.15) is 45.9 Å². The van der Waals surface area contributed by atoms with Gasteiger partial charge >= 0.3 is 0 Å². The first-order chi connectivity index (χ1) is 12.4. The SMILES string of the molecule is Cc1ccccc1C(=O)N[C@@H](CC(C)C)C(=O)NNC(=O)c1cccs1. The lowest BCUT2D eigenvalue weighted by Gasteiger charge is -2.20. The van der Waals surface area contributed by atoms with Crippen LogP contribution in [0.25, 0.3) is 0 Å². The number of benzene rings is 1. The molecule has 3 N–H and O–H groups in total. The van der Waals surface area contributed by atoms with Gasteiger partial charge in [0.1, 0.15) is 6.04 Å². The number of amides is 3. The van der Waals surface area contributed by atoms with Crippen molar-refractivity contribution in [3.05, 3.63) is 57.8 Å². The van der Waals surface area contributed by atoms with Gasteiger partial charge in [-0.25, -0.2) is 0 Å². The number of hydrogen-bond acceptors (Lipinski definition) is 4. The van der Waals surface area contributed by atoms with Crippen LogP contribution < -0.4 is 16.2 Å². The monoisotopic (exact) mass is 373 g/mol. The number of carbonyl (C=O) groups is 3. The molecule has 0 spiro atoms. The molecule has 1 atom stereocenters. The maximum atomic E-state index is 12.5. The van der Waals surface area contributed by atoms with Crippen molar-refractivity contribution in [1.29, 1.82) is 0 Å². The van der Waals surface area contributed by atoms with E-state index in [9.17, 15) is 14.4 Å². The van der Waals surface area contributed by atoms with Crippen molar-refractivity contribution in [2.24, 2.45) is 5.92 Å². The Balaban J connectivity index is 2.01. The van der Waals surface area contributed by atoms with Gasteiger partial charge in [-0.15, -0.1) is 11.3 Å². The van der Waals surface area contributed by atoms with Crippen LogP contribution in [0.4, 0.5) is 0 Å². The lowest BCUT2D eigenvalue weighted by Crippen LogP contribution is -2.52. The standard InChI is InChI=1S/C19H23N3O3S/c1-12(2)11-15(20-17(23)14-8-5-4-7-13(14)3)18(24)21-22-19(25)16-9-6-10-26-16/h4-10,12,15H,11H2,1-3H3,(H,20,23)(H,21,24)(H,22,25)/t15-/m0/s1. The Labute approximate surface area is 157 Å². The number of hydrogen-bond donors (Lipinski definition) is 3. The lowest BCUT2D eigenvalue weighted by atomic mass is 10.0. The number of carbonyl (C=O) groups excluding carboxylic acids is 3. The number of rotatable bonds is 6. The molecule has 26 heavy (non-hydrogen) atoms. The molecule has 1 aromatic heterocycles. The highest BCUT2D eigenvalue weighted by molar-refractivity contribution is 7.12. The van der Waals surface area contributed by atoms with E-state index < -0.39 is 11.9 Å². The molecule has 0 aliphatic carbocycles. The molecule has 0 unspecified atom stereocenters. The highest BCUT2D eigenvalue weighted by Gasteiger charge is 2.23. The second kappa shape index (κ2) is 9.15. The second-order valence-electron chi connectivity index (χ2n) is 6.39.